The van der Waals surface area contributed by atoms with E-state index in [4.69, 9.17) is 21.9 Å². The second-order valence-corrected chi connectivity index (χ2v) is 6.57. The number of benzene rings is 2. The molecule has 0 saturated carbocycles. The van der Waals surface area contributed by atoms with Crippen LogP contribution in [0, 0.1) is 13.8 Å². The molecule has 0 aliphatic heterocycles. The van der Waals surface area contributed by atoms with E-state index < -0.39 is 0 Å². The zero-order valence-corrected chi connectivity index (χ0v) is 14.7. The number of nitrogen functional groups attached to an aromatic ring is 1. The molecule has 2 N–H and O–H groups in total. The van der Waals surface area contributed by atoms with Gasteiger partial charge < -0.3 is 14.8 Å². The molecule has 0 unspecified atom stereocenters. The standard InChI is InChI=1S/C19H17ClN4O/c1-11-18(12(2)25-23-11)14-7-16(21)19-17(8-14)24(10-22-19)9-13-3-5-15(20)6-4-13/h3-8,10H,9,21H2,1-2H3. The van der Waals surface area contributed by atoms with E-state index in [0.717, 1.165) is 44.2 Å². The fraction of sp³-hybridized carbons (Fsp3) is 0.158. The molecule has 2 aromatic heterocycles. The molecule has 2 aromatic carbocycles. The third kappa shape index (κ3) is 2.76. The zero-order valence-electron chi connectivity index (χ0n) is 14.0. The van der Waals surface area contributed by atoms with Crippen molar-refractivity contribution in [3.8, 4) is 11.1 Å². The lowest BCUT2D eigenvalue weighted by Crippen LogP contribution is -1.98. The van der Waals surface area contributed by atoms with Crippen LogP contribution in [-0.4, -0.2) is 14.7 Å². The van der Waals surface area contributed by atoms with Gasteiger partial charge in [-0.05, 0) is 49.2 Å². The fourth-order valence-corrected chi connectivity index (χ4v) is 3.27. The molecule has 0 saturated heterocycles. The average Bonchev–Trinajstić information content (AvgIpc) is 3.13. The second-order valence-electron chi connectivity index (χ2n) is 6.13. The predicted molar refractivity (Wildman–Crippen MR) is 99.7 cm³/mol. The van der Waals surface area contributed by atoms with Crippen LogP contribution >= 0.6 is 11.6 Å². The normalized spacial score (nSPS) is 11.3. The van der Waals surface area contributed by atoms with Crippen molar-refractivity contribution in [2.75, 3.05) is 5.73 Å². The molecular formula is C19H17ClN4O. The first-order chi connectivity index (χ1) is 12.0. The highest BCUT2D eigenvalue weighted by Gasteiger charge is 2.15. The summed E-state index contributed by atoms with van der Waals surface area (Å²) in [6, 6.07) is 11.8. The Morgan fingerprint density at radius 2 is 1.92 bits per heavy atom. The summed E-state index contributed by atoms with van der Waals surface area (Å²) in [5, 5.41) is 4.76. The van der Waals surface area contributed by atoms with Gasteiger partial charge in [0, 0.05) is 17.1 Å². The van der Waals surface area contributed by atoms with Gasteiger partial charge in [-0.3, -0.25) is 0 Å². The summed E-state index contributed by atoms with van der Waals surface area (Å²) in [4.78, 5) is 4.47. The van der Waals surface area contributed by atoms with Crippen LogP contribution in [0.3, 0.4) is 0 Å². The molecule has 0 radical (unpaired) electrons. The average molecular weight is 353 g/mol. The van der Waals surface area contributed by atoms with Gasteiger partial charge in [-0.25, -0.2) is 4.98 Å². The van der Waals surface area contributed by atoms with Crippen LogP contribution < -0.4 is 5.73 Å². The van der Waals surface area contributed by atoms with E-state index in [2.05, 4.69) is 20.8 Å². The third-order valence-corrected chi connectivity index (χ3v) is 4.60. The summed E-state index contributed by atoms with van der Waals surface area (Å²) in [5.74, 6) is 0.778. The van der Waals surface area contributed by atoms with E-state index in [1.807, 2.05) is 50.5 Å². The molecule has 4 aromatic rings. The van der Waals surface area contributed by atoms with Crippen LogP contribution in [0.4, 0.5) is 5.69 Å². The quantitative estimate of drug-likeness (QED) is 0.547. The lowest BCUT2D eigenvalue weighted by atomic mass is 10.0. The summed E-state index contributed by atoms with van der Waals surface area (Å²) >= 11 is 5.97. The summed E-state index contributed by atoms with van der Waals surface area (Å²) < 4.78 is 7.37. The van der Waals surface area contributed by atoms with Crippen molar-refractivity contribution in [3.63, 3.8) is 0 Å². The number of nitrogens with two attached hydrogens (primary N) is 1. The number of aryl methyl sites for hydroxylation is 2. The molecule has 126 valence electrons. The SMILES string of the molecule is Cc1noc(C)c1-c1cc(N)c2ncn(Cc3ccc(Cl)cc3)c2c1. The zero-order chi connectivity index (χ0) is 17.6. The van der Waals surface area contributed by atoms with Gasteiger partial charge in [0.1, 0.15) is 11.3 Å². The second kappa shape index (κ2) is 5.93. The molecule has 0 spiro atoms. The first kappa shape index (κ1) is 15.7. The number of aromatic nitrogens is 3. The number of nitrogens with zero attached hydrogens (tertiary/aromatic N) is 3. The third-order valence-electron chi connectivity index (χ3n) is 4.34. The maximum Gasteiger partial charge on any atom is 0.141 e. The Morgan fingerprint density at radius 1 is 1.16 bits per heavy atom. The molecule has 0 aliphatic carbocycles. The van der Waals surface area contributed by atoms with Crippen molar-refractivity contribution in [3.05, 3.63) is 64.8 Å². The van der Waals surface area contributed by atoms with Gasteiger partial charge in [0.25, 0.3) is 0 Å². The highest BCUT2D eigenvalue weighted by Crippen LogP contribution is 2.32. The number of imidazole rings is 1. The van der Waals surface area contributed by atoms with E-state index in [1.165, 1.54) is 0 Å². The minimum atomic E-state index is 0.641. The van der Waals surface area contributed by atoms with Gasteiger partial charge in [-0.15, -0.1) is 0 Å². The monoisotopic (exact) mass is 352 g/mol. The van der Waals surface area contributed by atoms with Gasteiger partial charge in [0.05, 0.1) is 23.2 Å². The van der Waals surface area contributed by atoms with Crippen LogP contribution in [0.15, 0.2) is 47.2 Å². The van der Waals surface area contributed by atoms with Crippen LogP contribution in [-0.2, 0) is 6.54 Å². The number of anilines is 1. The number of rotatable bonds is 3. The summed E-state index contributed by atoms with van der Waals surface area (Å²) in [5.41, 5.74) is 12.6. The Bertz CT molecular complexity index is 1040. The smallest absolute Gasteiger partial charge is 0.141 e. The fourth-order valence-electron chi connectivity index (χ4n) is 3.14. The van der Waals surface area contributed by atoms with Crippen molar-refractivity contribution < 1.29 is 4.52 Å². The van der Waals surface area contributed by atoms with Crippen LogP contribution in [0.5, 0.6) is 0 Å². The van der Waals surface area contributed by atoms with Crippen molar-refractivity contribution in [2.45, 2.75) is 20.4 Å². The van der Waals surface area contributed by atoms with Crippen molar-refractivity contribution >= 4 is 28.3 Å². The minimum absolute atomic E-state index is 0.641. The topological polar surface area (TPSA) is 69.9 Å². The van der Waals surface area contributed by atoms with Gasteiger partial charge >= 0.3 is 0 Å². The van der Waals surface area contributed by atoms with Gasteiger partial charge in [0.2, 0.25) is 0 Å². The molecular weight excluding hydrogens is 336 g/mol. The largest absolute Gasteiger partial charge is 0.397 e. The first-order valence-electron chi connectivity index (χ1n) is 7.95. The lowest BCUT2D eigenvalue weighted by Gasteiger charge is -2.08. The summed E-state index contributed by atoms with van der Waals surface area (Å²) in [6.07, 6.45) is 1.81. The molecule has 0 fully saturated rings. The van der Waals surface area contributed by atoms with Gasteiger partial charge in [-0.2, -0.15) is 0 Å². The Balaban J connectivity index is 1.83. The molecule has 4 rings (SSSR count). The number of halogens is 1. The van der Waals surface area contributed by atoms with E-state index in [1.54, 1.807) is 0 Å². The Kier molecular flexibility index (Phi) is 3.73. The Hall–Kier alpha value is -2.79. The van der Waals surface area contributed by atoms with Crippen LogP contribution in [0.1, 0.15) is 17.0 Å². The van der Waals surface area contributed by atoms with Crippen molar-refractivity contribution in [1.29, 1.82) is 0 Å². The van der Waals surface area contributed by atoms with Gasteiger partial charge in [-0.1, -0.05) is 28.9 Å². The lowest BCUT2D eigenvalue weighted by molar-refractivity contribution is 0.393. The molecule has 2 heterocycles. The molecule has 5 nitrogen and oxygen atoms in total. The summed E-state index contributed by atoms with van der Waals surface area (Å²) in [7, 11) is 0. The summed E-state index contributed by atoms with van der Waals surface area (Å²) in [6.45, 7) is 4.52. The number of hydrogen-bond acceptors (Lipinski definition) is 4. The molecule has 0 atom stereocenters. The molecule has 6 heteroatoms. The van der Waals surface area contributed by atoms with Crippen LogP contribution in [0.25, 0.3) is 22.2 Å². The van der Waals surface area contributed by atoms with Gasteiger partial charge in [0.15, 0.2) is 0 Å². The first-order valence-corrected chi connectivity index (χ1v) is 8.33. The van der Waals surface area contributed by atoms with E-state index in [0.29, 0.717) is 12.2 Å². The van der Waals surface area contributed by atoms with Crippen LogP contribution in [0.2, 0.25) is 5.02 Å². The highest BCUT2D eigenvalue weighted by molar-refractivity contribution is 6.30. The Labute approximate surface area is 150 Å². The molecule has 0 aliphatic rings. The van der Waals surface area contributed by atoms with E-state index in [9.17, 15) is 0 Å². The van der Waals surface area contributed by atoms with Crippen molar-refractivity contribution in [2.24, 2.45) is 0 Å². The molecule has 0 bridgehead atoms. The highest BCUT2D eigenvalue weighted by atomic mass is 35.5. The Morgan fingerprint density at radius 3 is 2.60 bits per heavy atom. The van der Waals surface area contributed by atoms with E-state index >= 15 is 0 Å². The van der Waals surface area contributed by atoms with Crippen molar-refractivity contribution in [1.82, 2.24) is 14.7 Å². The molecule has 0 amide bonds. The van der Waals surface area contributed by atoms with E-state index in [-0.39, 0.29) is 0 Å². The predicted octanol–water partition coefficient (Wildman–Crippen LogP) is 4.59. The molecule has 25 heavy (non-hydrogen) atoms. The maximum absolute atomic E-state index is 6.25. The number of hydrogen-bond donors (Lipinski definition) is 1. The minimum Gasteiger partial charge on any atom is -0.397 e. The maximum atomic E-state index is 6.25. The number of fused-ring (bicyclic) bond motifs is 1.